The lowest BCUT2D eigenvalue weighted by Gasteiger charge is -2.20. The molecule has 0 fully saturated rings. The van der Waals surface area contributed by atoms with E-state index in [4.69, 9.17) is 23.6 Å². The Morgan fingerprint density at radius 1 is 0.409 bits per heavy atom. The summed E-state index contributed by atoms with van der Waals surface area (Å²) in [6.45, 7) is 3.62. The van der Waals surface area contributed by atoms with E-state index in [2.05, 4.69) is 13.8 Å². The maximum Gasteiger partial charge on any atom is 0.472 e. The van der Waals surface area contributed by atoms with Gasteiger partial charge in [0.15, 0.2) is 0 Å². The van der Waals surface area contributed by atoms with Gasteiger partial charge in [-0.25, -0.2) is 4.57 Å². The highest BCUT2D eigenvalue weighted by molar-refractivity contribution is 7.47. The summed E-state index contributed by atoms with van der Waals surface area (Å²) in [5.41, 5.74) is 0. The number of aliphatic hydroxyl groups excluding tert-OH is 2. The van der Waals surface area contributed by atoms with E-state index in [0.29, 0.717) is 6.61 Å². The fourth-order valence-corrected chi connectivity index (χ4v) is 9.68. The van der Waals surface area contributed by atoms with Gasteiger partial charge in [0, 0.05) is 13.0 Å². The second-order valence-electron chi connectivity index (χ2n) is 20.0. The summed E-state index contributed by atoms with van der Waals surface area (Å²) in [5, 5.41) is 18.5. The fourth-order valence-electron chi connectivity index (χ4n) is 8.89. The summed E-state index contributed by atoms with van der Waals surface area (Å²) in [4.78, 5) is 22.8. The number of phosphoric ester groups is 1. The molecule has 0 heterocycles. The first-order valence-corrected chi connectivity index (χ1v) is 30.5. The Labute approximate surface area is 409 Å². The standard InChI is InChI=1S/C56H113O9P/c1-3-5-7-9-11-13-15-17-19-21-23-24-25-26-27-28-29-30-31-32-34-36-38-40-42-44-46-48-56(59)65-55(53-64-66(60,61)63-51-54(58)50-57)52-62-49-47-45-43-41-39-37-35-33-22-20-18-16-14-12-10-8-6-4-2/h54-55,57-58H,3-53H2,1-2H3,(H,60,61)/t54-,55+/m0/s1. The average Bonchev–Trinajstić information content (AvgIpc) is 3.31. The molecule has 0 aromatic heterocycles. The van der Waals surface area contributed by atoms with Crippen LogP contribution in [0.25, 0.3) is 0 Å². The first-order valence-electron chi connectivity index (χ1n) is 29.0. The molecule has 0 aliphatic heterocycles. The second-order valence-corrected chi connectivity index (χ2v) is 21.5. The van der Waals surface area contributed by atoms with Gasteiger partial charge in [-0.05, 0) is 12.8 Å². The number of carbonyl (C=O) groups is 1. The summed E-state index contributed by atoms with van der Waals surface area (Å²) in [5.74, 6) is -0.371. The van der Waals surface area contributed by atoms with Crippen LogP contribution in [0.2, 0.25) is 0 Å². The summed E-state index contributed by atoms with van der Waals surface area (Å²) in [6.07, 6.45) is 58.1. The van der Waals surface area contributed by atoms with Gasteiger partial charge in [-0.1, -0.05) is 290 Å². The molecule has 3 atom stereocenters. The molecular weight excluding hydrogens is 848 g/mol. The van der Waals surface area contributed by atoms with Crippen molar-refractivity contribution in [1.29, 1.82) is 0 Å². The van der Waals surface area contributed by atoms with Crippen molar-refractivity contribution >= 4 is 13.8 Å². The molecule has 1 unspecified atom stereocenters. The first-order chi connectivity index (χ1) is 32.3. The third kappa shape index (κ3) is 52.8. The van der Waals surface area contributed by atoms with Gasteiger partial charge in [0.05, 0.1) is 26.4 Å². The smallest absolute Gasteiger partial charge is 0.457 e. The quantitative estimate of drug-likeness (QED) is 0.0310. The van der Waals surface area contributed by atoms with Gasteiger partial charge in [-0.15, -0.1) is 0 Å². The highest BCUT2D eigenvalue weighted by Crippen LogP contribution is 2.43. The highest BCUT2D eigenvalue weighted by atomic mass is 31.2. The third-order valence-corrected chi connectivity index (χ3v) is 14.2. The fraction of sp³-hybridized carbons (Fsp3) is 0.982. The van der Waals surface area contributed by atoms with Crippen LogP contribution >= 0.6 is 7.82 Å². The van der Waals surface area contributed by atoms with Gasteiger partial charge < -0.3 is 24.6 Å². The molecule has 0 aromatic carbocycles. The minimum atomic E-state index is -4.52. The number of rotatable bonds is 57. The van der Waals surface area contributed by atoms with Crippen LogP contribution in [-0.4, -0.2) is 66.3 Å². The number of carbonyl (C=O) groups excluding carboxylic acids is 1. The van der Waals surface area contributed by atoms with E-state index in [0.717, 1.165) is 32.1 Å². The van der Waals surface area contributed by atoms with Gasteiger partial charge in [0.25, 0.3) is 0 Å². The monoisotopic (exact) mass is 961 g/mol. The molecule has 0 saturated carbocycles. The van der Waals surface area contributed by atoms with Crippen molar-refractivity contribution in [2.45, 2.75) is 321 Å². The lowest BCUT2D eigenvalue weighted by molar-refractivity contribution is -0.154. The SMILES string of the molecule is CCCCCCCCCCCCCCCCCCCCCCCCCCCCCC(=O)O[C@H](COCCCCCCCCCCCCCCCCCCCC)COP(=O)(O)OC[C@@H](O)CO. The molecular formula is C56H113O9P. The number of ether oxygens (including phenoxy) is 2. The molecule has 0 bridgehead atoms. The van der Waals surface area contributed by atoms with E-state index in [1.807, 2.05) is 0 Å². The molecule has 0 amide bonds. The molecule has 0 radical (unpaired) electrons. The van der Waals surface area contributed by atoms with E-state index >= 15 is 0 Å². The molecule has 9 nitrogen and oxygen atoms in total. The van der Waals surface area contributed by atoms with E-state index < -0.39 is 33.2 Å². The van der Waals surface area contributed by atoms with Crippen LogP contribution in [-0.2, 0) is 27.9 Å². The minimum Gasteiger partial charge on any atom is -0.457 e. The molecule has 10 heteroatoms. The van der Waals surface area contributed by atoms with Crippen molar-refractivity contribution in [2.75, 3.05) is 33.0 Å². The Morgan fingerprint density at radius 3 is 0.985 bits per heavy atom. The molecule has 0 spiro atoms. The largest absolute Gasteiger partial charge is 0.472 e. The lowest BCUT2D eigenvalue weighted by atomic mass is 10.0. The number of phosphoric acid groups is 1. The van der Waals surface area contributed by atoms with E-state index in [-0.39, 0.29) is 25.6 Å². The second kappa shape index (κ2) is 53.8. The summed E-state index contributed by atoms with van der Waals surface area (Å²) < 4.78 is 33.6. The zero-order valence-corrected chi connectivity index (χ0v) is 44.8. The number of aliphatic hydroxyl groups is 2. The van der Waals surface area contributed by atoms with Crippen molar-refractivity contribution in [3.8, 4) is 0 Å². The Morgan fingerprint density at radius 2 is 0.682 bits per heavy atom. The Balaban J connectivity index is 3.91. The Bertz CT molecular complexity index is 1000. The summed E-state index contributed by atoms with van der Waals surface area (Å²) in [6, 6.07) is 0. The van der Waals surface area contributed by atoms with Gasteiger partial charge in [-0.2, -0.15) is 0 Å². The van der Waals surface area contributed by atoms with E-state index in [9.17, 15) is 19.4 Å². The normalized spacial score (nSPS) is 13.6. The van der Waals surface area contributed by atoms with Crippen molar-refractivity contribution < 1.29 is 43.0 Å². The van der Waals surface area contributed by atoms with Crippen LogP contribution in [0.3, 0.4) is 0 Å². The number of esters is 1. The van der Waals surface area contributed by atoms with Gasteiger partial charge in [-0.3, -0.25) is 13.8 Å². The third-order valence-electron chi connectivity index (χ3n) is 13.3. The van der Waals surface area contributed by atoms with Crippen LogP contribution in [0.15, 0.2) is 0 Å². The predicted molar refractivity (Wildman–Crippen MR) is 279 cm³/mol. The average molecular weight is 961 g/mol. The van der Waals surface area contributed by atoms with Crippen molar-refractivity contribution in [1.82, 2.24) is 0 Å². The zero-order valence-electron chi connectivity index (χ0n) is 44.0. The van der Waals surface area contributed by atoms with Crippen LogP contribution in [0.4, 0.5) is 0 Å². The van der Waals surface area contributed by atoms with Crippen molar-refractivity contribution in [3.05, 3.63) is 0 Å². The molecule has 0 aliphatic carbocycles. The molecule has 0 aliphatic rings. The van der Waals surface area contributed by atoms with Crippen LogP contribution < -0.4 is 0 Å². The molecule has 66 heavy (non-hydrogen) atoms. The van der Waals surface area contributed by atoms with Gasteiger partial charge >= 0.3 is 13.8 Å². The van der Waals surface area contributed by atoms with Crippen molar-refractivity contribution in [3.63, 3.8) is 0 Å². The summed E-state index contributed by atoms with van der Waals surface area (Å²) >= 11 is 0. The predicted octanol–water partition coefficient (Wildman–Crippen LogP) is 17.4. The molecule has 0 saturated heterocycles. The number of hydrogen-bond acceptors (Lipinski definition) is 8. The van der Waals surface area contributed by atoms with Crippen molar-refractivity contribution in [2.24, 2.45) is 0 Å². The van der Waals surface area contributed by atoms with E-state index in [1.165, 1.54) is 257 Å². The molecule has 396 valence electrons. The zero-order chi connectivity index (χ0) is 48.1. The number of hydrogen-bond donors (Lipinski definition) is 3. The molecule has 0 aromatic rings. The van der Waals surface area contributed by atoms with Crippen LogP contribution in [0.5, 0.6) is 0 Å². The Kier molecular flexibility index (Phi) is 53.4. The maximum absolute atomic E-state index is 12.7. The number of unbranched alkanes of at least 4 members (excludes halogenated alkanes) is 43. The maximum atomic E-state index is 12.7. The molecule has 3 N–H and O–H groups in total. The minimum absolute atomic E-state index is 0.0590. The van der Waals surface area contributed by atoms with Crippen LogP contribution in [0.1, 0.15) is 309 Å². The van der Waals surface area contributed by atoms with Gasteiger partial charge in [0.2, 0.25) is 0 Å². The highest BCUT2D eigenvalue weighted by Gasteiger charge is 2.26. The summed E-state index contributed by atoms with van der Waals surface area (Å²) in [7, 11) is -4.52. The van der Waals surface area contributed by atoms with E-state index in [1.54, 1.807) is 0 Å². The Hall–Kier alpha value is -0.540. The van der Waals surface area contributed by atoms with Gasteiger partial charge in [0.1, 0.15) is 12.2 Å². The molecule has 0 rings (SSSR count). The lowest BCUT2D eigenvalue weighted by Crippen LogP contribution is -2.29. The topological polar surface area (TPSA) is 132 Å². The van der Waals surface area contributed by atoms with Crippen LogP contribution in [0, 0.1) is 0 Å². The first kappa shape index (κ1) is 65.5.